The van der Waals surface area contributed by atoms with Crippen molar-refractivity contribution in [1.82, 2.24) is 4.90 Å². The van der Waals surface area contributed by atoms with Crippen molar-refractivity contribution in [2.45, 2.75) is 32.3 Å². The van der Waals surface area contributed by atoms with E-state index in [1.807, 2.05) is 0 Å². The number of hydrogen-bond acceptors (Lipinski definition) is 5. The summed E-state index contributed by atoms with van der Waals surface area (Å²) in [4.78, 5) is 14.1. The number of carbonyl (C=O) groups excluding carboxylic acids is 1. The van der Waals surface area contributed by atoms with E-state index in [2.05, 4.69) is 11.8 Å². The van der Waals surface area contributed by atoms with Crippen LogP contribution in [0.1, 0.15) is 43.0 Å². The maximum atomic E-state index is 12.5. The van der Waals surface area contributed by atoms with Crippen LogP contribution in [0.15, 0.2) is 16.5 Å². The highest BCUT2D eigenvalue weighted by molar-refractivity contribution is 7.90. The van der Waals surface area contributed by atoms with Gasteiger partial charge >= 0.3 is 0 Å². The van der Waals surface area contributed by atoms with Gasteiger partial charge in [-0.05, 0) is 50.7 Å². The Hall–Kier alpha value is -1.78. The van der Waals surface area contributed by atoms with Crippen LogP contribution in [0.4, 0.5) is 0 Å². The van der Waals surface area contributed by atoms with Gasteiger partial charge < -0.3 is 14.4 Å². The number of carbonyl (C=O) groups is 1. The molecule has 1 saturated heterocycles. The van der Waals surface area contributed by atoms with Crippen LogP contribution in [0.5, 0.6) is 0 Å². The molecule has 0 saturated carbocycles. The molecule has 1 aromatic heterocycles. The summed E-state index contributed by atoms with van der Waals surface area (Å²) in [7, 11) is -3.06. The summed E-state index contributed by atoms with van der Waals surface area (Å²) in [5.41, 5.74) is -1.14. The molecule has 7 heteroatoms. The van der Waals surface area contributed by atoms with Crippen LogP contribution in [0.3, 0.4) is 0 Å². The van der Waals surface area contributed by atoms with Gasteiger partial charge in [-0.3, -0.25) is 4.79 Å². The summed E-state index contributed by atoms with van der Waals surface area (Å²) in [5, 5.41) is 9.58. The number of amides is 1. The molecule has 1 atom stereocenters. The zero-order valence-corrected chi connectivity index (χ0v) is 15.0. The summed E-state index contributed by atoms with van der Waals surface area (Å²) in [6.45, 7) is 4.12. The van der Waals surface area contributed by atoms with Gasteiger partial charge in [-0.1, -0.05) is 5.92 Å². The molecule has 1 unspecified atom stereocenters. The Labute approximate surface area is 142 Å². The lowest BCUT2D eigenvalue weighted by Gasteiger charge is -2.31. The molecular formula is C17H23NO5S. The lowest BCUT2D eigenvalue weighted by molar-refractivity contribution is 0.0651. The van der Waals surface area contributed by atoms with E-state index >= 15 is 0 Å². The number of nitrogens with zero attached hydrogens (tertiary/aromatic N) is 1. The Balaban J connectivity index is 2.06. The van der Waals surface area contributed by atoms with Gasteiger partial charge in [0.25, 0.3) is 5.91 Å². The second-order valence-corrected chi connectivity index (χ2v) is 9.01. The molecule has 1 N–H and O–H groups in total. The van der Waals surface area contributed by atoms with Crippen molar-refractivity contribution in [1.29, 1.82) is 0 Å². The minimum Gasteiger partial charge on any atom is -0.443 e. The second kappa shape index (κ2) is 6.99. The monoisotopic (exact) mass is 353 g/mol. The van der Waals surface area contributed by atoms with Crippen LogP contribution in [0, 0.1) is 17.8 Å². The fraction of sp³-hybridized carbons (Fsp3) is 0.588. The van der Waals surface area contributed by atoms with E-state index in [0.29, 0.717) is 18.8 Å². The molecule has 2 rings (SSSR count). The van der Waals surface area contributed by atoms with Crippen molar-refractivity contribution in [3.8, 4) is 11.8 Å². The molecule has 2 heterocycles. The maximum Gasteiger partial charge on any atom is 0.289 e. The van der Waals surface area contributed by atoms with Crippen molar-refractivity contribution in [3.05, 3.63) is 23.7 Å². The first-order chi connectivity index (χ1) is 11.0. The summed E-state index contributed by atoms with van der Waals surface area (Å²) in [6, 6.07) is 3.14. The average Bonchev–Trinajstić information content (AvgIpc) is 2.91. The van der Waals surface area contributed by atoms with E-state index in [4.69, 9.17) is 4.42 Å². The number of rotatable bonds is 3. The van der Waals surface area contributed by atoms with E-state index < -0.39 is 15.4 Å². The third-order valence-corrected chi connectivity index (χ3v) is 4.73. The van der Waals surface area contributed by atoms with Crippen LogP contribution in [0.25, 0.3) is 0 Å². The van der Waals surface area contributed by atoms with Gasteiger partial charge in [0.2, 0.25) is 0 Å². The second-order valence-electron chi connectivity index (χ2n) is 6.82. The summed E-state index contributed by atoms with van der Waals surface area (Å²) < 4.78 is 28.3. The van der Waals surface area contributed by atoms with Crippen molar-refractivity contribution in [2.75, 3.05) is 25.1 Å². The standard InChI is InChI=1S/C17H23NO5S/c1-17(2,20)9-8-14-6-7-15(23-14)16(19)18-10-4-5-13(11-18)12-24(3,21)22/h6-7,13,20H,4-5,10-12H2,1-3H3. The van der Waals surface area contributed by atoms with Gasteiger partial charge in [0.05, 0.1) is 5.75 Å². The molecule has 1 aromatic rings. The number of sulfone groups is 1. The molecule has 1 aliphatic rings. The van der Waals surface area contributed by atoms with Crippen LogP contribution in [0.2, 0.25) is 0 Å². The number of piperidine rings is 1. The highest BCUT2D eigenvalue weighted by atomic mass is 32.2. The molecule has 0 spiro atoms. The van der Waals surface area contributed by atoms with Gasteiger partial charge in [-0.2, -0.15) is 0 Å². The highest BCUT2D eigenvalue weighted by Gasteiger charge is 2.28. The first kappa shape index (κ1) is 18.6. The zero-order chi connectivity index (χ0) is 18.0. The van der Waals surface area contributed by atoms with Gasteiger partial charge in [-0.25, -0.2) is 8.42 Å². The Morgan fingerprint density at radius 3 is 2.79 bits per heavy atom. The quantitative estimate of drug-likeness (QED) is 0.828. The molecule has 1 amide bonds. The number of likely N-dealkylation sites (tertiary alicyclic amines) is 1. The minimum absolute atomic E-state index is 0.0397. The number of aliphatic hydroxyl groups is 1. The highest BCUT2D eigenvalue weighted by Crippen LogP contribution is 2.20. The average molecular weight is 353 g/mol. The van der Waals surface area contributed by atoms with Gasteiger partial charge in [-0.15, -0.1) is 0 Å². The topological polar surface area (TPSA) is 87.8 Å². The van der Waals surface area contributed by atoms with Gasteiger partial charge in [0.1, 0.15) is 15.4 Å². The normalized spacial score (nSPS) is 18.8. The lowest BCUT2D eigenvalue weighted by Crippen LogP contribution is -2.41. The minimum atomic E-state index is -3.06. The van der Waals surface area contributed by atoms with E-state index in [0.717, 1.165) is 12.8 Å². The van der Waals surface area contributed by atoms with Gasteiger partial charge in [0, 0.05) is 19.3 Å². The maximum absolute atomic E-state index is 12.5. The number of furan rings is 1. The van der Waals surface area contributed by atoms with Crippen molar-refractivity contribution >= 4 is 15.7 Å². The van der Waals surface area contributed by atoms with E-state index in [1.54, 1.807) is 30.9 Å². The summed E-state index contributed by atoms with van der Waals surface area (Å²) in [5.74, 6) is 5.59. The fourth-order valence-corrected chi connectivity index (χ4v) is 3.83. The van der Waals surface area contributed by atoms with Crippen molar-refractivity contribution in [3.63, 3.8) is 0 Å². The van der Waals surface area contributed by atoms with E-state index in [1.165, 1.54) is 6.26 Å². The summed E-state index contributed by atoms with van der Waals surface area (Å²) in [6.07, 6.45) is 2.79. The van der Waals surface area contributed by atoms with Crippen LogP contribution >= 0.6 is 0 Å². The molecule has 24 heavy (non-hydrogen) atoms. The predicted molar refractivity (Wildman–Crippen MR) is 90.2 cm³/mol. The first-order valence-electron chi connectivity index (χ1n) is 7.86. The van der Waals surface area contributed by atoms with Crippen LogP contribution in [-0.2, 0) is 9.84 Å². The predicted octanol–water partition coefficient (Wildman–Crippen LogP) is 1.30. The molecule has 0 radical (unpaired) electrons. The molecular weight excluding hydrogens is 330 g/mol. The molecule has 1 fully saturated rings. The Kier molecular flexibility index (Phi) is 5.41. The Bertz CT molecular complexity index is 761. The molecule has 6 nitrogen and oxygen atoms in total. The molecule has 0 aliphatic carbocycles. The largest absolute Gasteiger partial charge is 0.443 e. The molecule has 0 bridgehead atoms. The third kappa shape index (κ3) is 5.69. The van der Waals surface area contributed by atoms with Crippen LogP contribution in [-0.4, -0.2) is 55.0 Å². The van der Waals surface area contributed by atoms with Crippen LogP contribution < -0.4 is 0 Å². The Morgan fingerprint density at radius 1 is 1.46 bits per heavy atom. The smallest absolute Gasteiger partial charge is 0.289 e. The lowest BCUT2D eigenvalue weighted by atomic mass is 10.00. The van der Waals surface area contributed by atoms with E-state index in [9.17, 15) is 18.3 Å². The first-order valence-corrected chi connectivity index (χ1v) is 9.92. The van der Waals surface area contributed by atoms with Crippen molar-refractivity contribution in [2.24, 2.45) is 5.92 Å². The molecule has 132 valence electrons. The zero-order valence-electron chi connectivity index (χ0n) is 14.2. The SMILES string of the molecule is CC(C)(O)C#Cc1ccc(C(=O)N2CCCC(CS(C)(=O)=O)C2)o1. The third-order valence-electron chi connectivity index (χ3n) is 3.65. The van der Waals surface area contributed by atoms with Gasteiger partial charge in [0.15, 0.2) is 11.5 Å². The summed E-state index contributed by atoms with van der Waals surface area (Å²) >= 11 is 0. The molecule has 0 aromatic carbocycles. The van der Waals surface area contributed by atoms with E-state index in [-0.39, 0.29) is 23.3 Å². The van der Waals surface area contributed by atoms with Crippen molar-refractivity contribution < 1.29 is 22.7 Å². The fourth-order valence-electron chi connectivity index (χ4n) is 2.70. The number of hydrogen-bond donors (Lipinski definition) is 1. The Morgan fingerprint density at radius 2 is 2.17 bits per heavy atom. The molecule has 1 aliphatic heterocycles.